The summed E-state index contributed by atoms with van der Waals surface area (Å²) >= 11 is 0. The predicted octanol–water partition coefficient (Wildman–Crippen LogP) is 2.83. The van der Waals surface area contributed by atoms with Crippen molar-refractivity contribution in [3.05, 3.63) is 59.7 Å². The van der Waals surface area contributed by atoms with Crippen LogP contribution in [0.2, 0.25) is 0 Å². The lowest BCUT2D eigenvalue weighted by Crippen LogP contribution is -2.30. The highest BCUT2D eigenvalue weighted by atomic mass is 16.5. The maximum atomic E-state index is 12.4. The fraction of sp³-hybridized carbons (Fsp3) is 0.235. The second-order valence-corrected chi connectivity index (χ2v) is 4.95. The van der Waals surface area contributed by atoms with Crippen LogP contribution in [0.15, 0.2) is 48.5 Å². The third kappa shape index (κ3) is 2.39. The van der Waals surface area contributed by atoms with E-state index >= 15 is 0 Å². The number of hydrogen-bond donors (Lipinski definition) is 0. The molecule has 0 saturated heterocycles. The van der Waals surface area contributed by atoms with Crippen molar-refractivity contribution in [2.24, 2.45) is 0 Å². The van der Waals surface area contributed by atoms with Crippen molar-refractivity contribution in [2.75, 3.05) is 18.6 Å². The number of carbonyl (C=O) groups excluding carboxylic acids is 1. The third-order valence-corrected chi connectivity index (χ3v) is 3.68. The number of ether oxygens (including phenoxy) is 1. The fourth-order valence-electron chi connectivity index (χ4n) is 2.63. The molecule has 3 nitrogen and oxygen atoms in total. The summed E-state index contributed by atoms with van der Waals surface area (Å²) in [5.41, 5.74) is 3.26. The van der Waals surface area contributed by atoms with E-state index in [0.29, 0.717) is 6.42 Å². The Labute approximate surface area is 118 Å². The van der Waals surface area contributed by atoms with Gasteiger partial charge in [-0.3, -0.25) is 4.79 Å². The lowest BCUT2D eigenvalue weighted by Gasteiger charge is -2.17. The highest BCUT2D eigenvalue weighted by Gasteiger charge is 2.24. The van der Waals surface area contributed by atoms with E-state index in [9.17, 15) is 4.79 Å². The fourth-order valence-corrected chi connectivity index (χ4v) is 2.63. The van der Waals surface area contributed by atoms with Gasteiger partial charge in [0.1, 0.15) is 5.75 Å². The van der Waals surface area contributed by atoms with Crippen LogP contribution in [0.3, 0.4) is 0 Å². The SMILES string of the molecule is COc1ccc2c(c1)CCN2C(=O)Cc1ccccc1. The van der Waals surface area contributed by atoms with Gasteiger partial charge in [0, 0.05) is 12.2 Å². The Balaban J connectivity index is 1.79. The lowest BCUT2D eigenvalue weighted by molar-refractivity contribution is -0.117. The van der Waals surface area contributed by atoms with Crippen LogP contribution in [0.25, 0.3) is 0 Å². The molecule has 0 N–H and O–H groups in total. The second kappa shape index (κ2) is 5.37. The van der Waals surface area contributed by atoms with Gasteiger partial charge in [-0.1, -0.05) is 30.3 Å². The van der Waals surface area contributed by atoms with Crippen LogP contribution in [0.5, 0.6) is 5.75 Å². The molecule has 0 saturated carbocycles. The largest absolute Gasteiger partial charge is 0.497 e. The average Bonchev–Trinajstić information content (AvgIpc) is 2.91. The molecule has 0 fully saturated rings. The number of anilines is 1. The van der Waals surface area contributed by atoms with Gasteiger partial charge >= 0.3 is 0 Å². The molecule has 0 atom stereocenters. The Hall–Kier alpha value is -2.29. The average molecular weight is 267 g/mol. The van der Waals surface area contributed by atoms with E-state index in [-0.39, 0.29) is 5.91 Å². The smallest absolute Gasteiger partial charge is 0.231 e. The van der Waals surface area contributed by atoms with Gasteiger partial charge in [-0.05, 0) is 35.7 Å². The molecule has 3 heteroatoms. The third-order valence-electron chi connectivity index (χ3n) is 3.68. The maximum Gasteiger partial charge on any atom is 0.231 e. The summed E-state index contributed by atoms with van der Waals surface area (Å²) in [4.78, 5) is 14.3. The zero-order valence-corrected chi connectivity index (χ0v) is 11.5. The summed E-state index contributed by atoms with van der Waals surface area (Å²) in [7, 11) is 1.66. The molecule has 0 radical (unpaired) electrons. The molecule has 1 aliphatic heterocycles. The summed E-state index contributed by atoms with van der Waals surface area (Å²) < 4.78 is 5.23. The van der Waals surface area contributed by atoms with Gasteiger partial charge in [0.15, 0.2) is 0 Å². The highest BCUT2D eigenvalue weighted by Crippen LogP contribution is 2.31. The summed E-state index contributed by atoms with van der Waals surface area (Å²) in [5.74, 6) is 1.00. The van der Waals surface area contributed by atoms with Crippen molar-refractivity contribution in [2.45, 2.75) is 12.8 Å². The van der Waals surface area contributed by atoms with E-state index < -0.39 is 0 Å². The molecule has 1 heterocycles. The molecular weight excluding hydrogens is 250 g/mol. The Kier molecular flexibility index (Phi) is 3.42. The Bertz CT molecular complexity index is 622. The Morgan fingerprint density at radius 3 is 2.75 bits per heavy atom. The molecule has 0 bridgehead atoms. The van der Waals surface area contributed by atoms with Crippen LogP contribution in [0.4, 0.5) is 5.69 Å². The molecule has 2 aromatic rings. The monoisotopic (exact) mass is 267 g/mol. The standard InChI is InChI=1S/C17H17NO2/c1-20-15-7-8-16-14(12-15)9-10-18(16)17(19)11-13-5-3-2-4-6-13/h2-8,12H,9-11H2,1H3. The minimum Gasteiger partial charge on any atom is -0.497 e. The van der Waals surface area contributed by atoms with E-state index in [0.717, 1.165) is 30.0 Å². The molecule has 1 amide bonds. The van der Waals surface area contributed by atoms with Gasteiger partial charge in [0.2, 0.25) is 5.91 Å². The number of methoxy groups -OCH3 is 1. The second-order valence-electron chi connectivity index (χ2n) is 4.95. The zero-order valence-electron chi connectivity index (χ0n) is 11.5. The Morgan fingerprint density at radius 1 is 1.20 bits per heavy atom. The van der Waals surface area contributed by atoms with Gasteiger partial charge in [-0.25, -0.2) is 0 Å². The van der Waals surface area contributed by atoms with E-state index in [1.807, 2.05) is 53.4 Å². The molecule has 3 rings (SSSR count). The summed E-state index contributed by atoms with van der Waals surface area (Å²) in [6.07, 6.45) is 1.35. The number of carbonyl (C=O) groups is 1. The van der Waals surface area contributed by atoms with Crippen molar-refractivity contribution in [3.8, 4) is 5.75 Å². The molecule has 0 unspecified atom stereocenters. The number of nitrogens with zero attached hydrogens (tertiary/aromatic N) is 1. The zero-order chi connectivity index (χ0) is 13.9. The number of amides is 1. The molecule has 0 aliphatic carbocycles. The van der Waals surface area contributed by atoms with Crippen molar-refractivity contribution in [1.29, 1.82) is 0 Å². The van der Waals surface area contributed by atoms with Crippen molar-refractivity contribution in [3.63, 3.8) is 0 Å². The van der Waals surface area contributed by atoms with Gasteiger partial charge in [-0.2, -0.15) is 0 Å². The summed E-state index contributed by atoms with van der Waals surface area (Å²) in [6, 6.07) is 15.8. The van der Waals surface area contributed by atoms with Gasteiger partial charge in [0.05, 0.1) is 13.5 Å². The molecule has 0 spiro atoms. The number of hydrogen-bond acceptors (Lipinski definition) is 2. The molecule has 20 heavy (non-hydrogen) atoms. The number of rotatable bonds is 3. The first-order valence-corrected chi connectivity index (χ1v) is 6.79. The van der Waals surface area contributed by atoms with Crippen molar-refractivity contribution < 1.29 is 9.53 Å². The van der Waals surface area contributed by atoms with Crippen LogP contribution in [-0.2, 0) is 17.6 Å². The minimum absolute atomic E-state index is 0.153. The van der Waals surface area contributed by atoms with Crippen molar-refractivity contribution in [1.82, 2.24) is 0 Å². The van der Waals surface area contributed by atoms with E-state index in [1.54, 1.807) is 7.11 Å². The molecular formula is C17H17NO2. The maximum absolute atomic E-state index is 12.4. The van der Waals surface area contributed by atoms with Crippen LogP contribution < -0.4 is 9.64 Å². The first-order valence-electron chi connectivity index (χ1n) is 6.79. The van der Waals surface area contributed by atoms with Crippen LogP contribution in [-0.4, -0.2) is 19.6 Å². The molecule has 2 aromatic carbocycles. The van der Waals surface area contributed by atoms with E-state index in [2.05, 4.69) is 0 Å². The van der Waals surface area contributed by atoms with Gasteiger partial charge in [0.25, 0.3) is 0 Å². The highest BCUT2D eigenvalue weighted by molar-refractivity contribution is 5.96. The van der Waals surface area contributed by atoms with E-state index in [1.165, 1.54) is 5.56 Å². The van der Waals surface area contributed by atoms with Crippen molar-refractivity contribution >= 4 is 11.6 Å². The van der Waals surface area contributed by atoms with Gasteiger partial charge in [-0.15, -0.1) is 0 Å². The first kappa shape index (κ1) is 12.7. The quantitative estimate of drug-likeness (QED) is 0.856. The van der Waals surface area contributed by atoms with Gasteiger partial charge < -0.3 is 9.64 Å². The van der Waals surface area contributed by atoms with E-state index in [4.69, 9.17) is 4.74 Å². The predicted molar refractivity (Wildman–Crippen MR) is 79.2 cm³/mol. The van der Waals surface area contributed by atoms with Crippen LogP contribution in [0.1, 0.15) is 11.1 Å². The minimum atomic E-state index is 0.153. The molecule has 0 aromatic heterocycles. The lowest BCUT2D eigenvalue weighted by atomic mass is 10.1. The Morgan fingerprint density at radius 2 is 2.00 bits per heavy atom. The summed E-state index contributed by atoms with van der Waals surface area (Å²) in [6.45, 7) is 0.758. The van der Waals surface area contributed by atoms with Crippen LogP contribution >= 0.6 is 0 Å². The topological polar surface area (TPSA) is 29.5 Å². The molecule has 1 aliphatic rings. The summed E-state index contributed by atoms with van der Waals surface area (Å²) in [5, 5.41) is 0. The molecule has 102 valence electrons. The first-order chi connectivity index (χ1) is 9.78. The van der Waals surface area contributed by atoms with Crippen LogP contribution in [0, 0.1) is 0 Å². The normalized spacial score (nSPS) is 13.2. The number of fused-ring (bicyclic) bond motifs is 1. The number of benzene rings is 2.